The van der Waals surface area contributed by atoms with Crippen molar-refractivity contribution < 1.29 is 0 Å². The Labute approximate surface area is 227 Å². The van der Waals surface area contributed by atoms with E-state index in [2.05, 4.69) is 124 Å². The third-order valence-corrected chi connectivity index (χ3v) is 8.95. The van der Waals surface area contributed by atoms with E-state index < -0.39 is 0 Å². The Kier molecular flexibility index (Phi) is 4.18. The average Bonchev–Trinajstić information content (AvgIpc) is 3.65. The molecule has 0 unspecified atom stereocenters. The summed E-state index contributed by atoms with van der Waals surface area (Å²) in [6.45, 7) is 0. The summed E-state index contributed by atoms with van der Waals surface area (Å²) >= 11 is 1.76. The van der Waals surface area contributed by atoms with Gasteiger partial charge in [0.05, 0.1) is 37.0 Å². The molecule has 0 spiro atoms. The second-order valence-corrected chi connectivity index (χ2v) is 10.9. The molecule has 0 atom stereocenters. The number of pyridine rings is 2. The number of nitrogens with zero attached hydrogens (tertiary/aromatic N) is 4. The van der Waals surface area contributed by atoms with Crippen LogP contribution in [0.15, 0.2) is 121 Å². The normalized spacial score (nSPS) is 12.1. The van der Waals surface area contributed by atoms with Gasteiger partial charge in [0.2, 0.25) is 0 Å². The second kappa shape index (κ2) is 7.76. The summed E-state index contributed by atoms with van der Waals surface area (Å²) in [5.41, 5.74) is 5.67. The fourth-order valence-corrected chi connectivity index (χ4v) is 7.27. The van der Waals surface area contributed by atoms with Crippen molar-refractivity contribution in [3.8, 4) is 11.6 Å². The third-order valence-electron chi connectivity index (χ3n) is 7.80. The first-order valence-corrected chi connectivity index (χ1v) is 13.8. The minimum atomic E-state index is 0.926. The summed E-state index contributed by atoms with van der Waals surface area (Å²) in [6, 6.07) is 40.8. The molecule has 39 heavy (non-hydrogen) atoms. The number of benzene rings is 4. The Balaban J connectivity index is 1.34. The van der Waals surface area contributed by atoms with Crippen LogP contribution in [-0.2, 0) is 0 Å². The van der Waals surface area contributed by atoms with E-state index >= 15 is 0 Å². The number of fused-ring (bicyclic) bond motifs is 9. The quantitative estimate of drug-likeness (QED) is 0.230. The van der Waals surface area contributed by atoms with Crippen molar-refractivity contribution in [2.45, 2.75) is 0 Å². The van der Waals surface area contributed by atoms with Crippen LogP contribution >= 0.6 is 11.3 Å². The largest absolute Gasteiger partial charge is 0.294 e. The molecule has 0 fully saturated rings. The molecule has 9 rings (SSSR count). The molecule has 0 aliphatic rings. The molecular formula is C34H20N4S. The minimum absolute atomic E-state index is 0.926. The lowest BCUT2D eigenvalue weighted by Gasteiger charge is -2.08. The zero-order chi connectivity index (χ0) is 25.5. The molecule has 0 aliphatic heterocycles. The SMILES string of the molecule is c1ccc2c(c1)c1ccccc1n2-c1ccc2sc3c(-n4c5ccccc5c5ccccc54)nccc3c2n1. The van der Waals surface area contributed by atoms with Crippen LogP contribution in [0.4, 0.5) is 0 Å². The molecule has 0 amide bonds. The van der Waals surface area contributed by atoms with Crippen LogP contribution in [0, 0.1) is 0 Å². The molecule has 9 aromatic rings. The molecule has 4 aromatic carbocycles. The maximum absolute atomic E-state index is 5.29. The van der Waals surface area contributed by atoms with E-state index in [1.807, 2.05) is 6.20 Å². The highest BCUT2D eigenvalue weighted by molar-refractivity contribution is 7.26. The molecular weight excluding hydrogens is 496 g/mol. The lowest BCUT2D eigenvalue weighted by atomic mass is 10.2. The van der Waals surface area contributed by atoms with Gasteiger partial charge >= 0.3 is 0 Å². The van der Waals surface area contributed by atoms with Crippen molar-refractivity contribution in [2.75, 3.05) is 0 Å². The summed E-state index contributed by atoms with van der Waals surface area (Å²) in [4.78, 5) is 10.2. The van der Waals surface area contributed by atoms with Crippen LogP contribution in [0.25, 0.3) is 75.6 Å². The van der Waals surface area contributed by atoms with E-state index in [-0.39, 0.29) is 0 Å². The van der Waals surface area contributed by atoms with Gasteiger partial charge in [0.25, 0.3) is 0 Å². The van der Waals surface area contributed by atoms with Crippen LogP contribution in [0.3, 0.4) is 0 Å². The van der Waals surface area contributed by atoms with Gasteiger partial charge in [-0.3, -0.25) is 9.13 Å². The molecule has 0 radical (unpaired) electrons. The Hall–Kier alpha value is -5.00. The van der Waals surface area contributed by atoms with Crippen LogP contribution in [0.1, 0.15) is 0 Å². The minimum Gasteiger partial charge on any atom is -0.294 e. The van der Waals surface area contributed by atoms with Crippen molar-refractivity contribution in [3.05, 3.63) is 121 Å². The zero-order valence-electron chi connectivity index (χ0n) is 20.7. The number of hydrogen-bond donors (Lipinski definition) is 0. The van der Waals surface area contributed by atoms with Gasteiger partial charge in [0.1, 0.15) is 5.82 Å². The highest BCUT2D eigenvalue weighted by Crippen LogP contribution is 2.40. The number of aromatic nitrogens is 4. The van der Waals surface area contributed by atoms with Gasteiger partial charge in [-0.05, 0) is 42.5 Å². The van der Waals surface area contributed by atoms with Crippen molar-refractivity contribution in [3.63, 3.8) is 0 Å². The van der Waals surface area contributed by atoms with E-state index in [1.54, 1.807) is 11.3 Å². The summed E-state index contributed by atoms with van der Waals surface area (Å²) in [7, 11) is 0. The van der Waals surface area contributed by atoms with Crippen molar-refractivity contribution in [1.82, 2.24) is 19.1 Å². The Morgan fingerprint density at radius 2 is 1.00 bits per heavy atom. The van der Waals surface area contributed by atoms with Gasteiger partial charge in [-0.15, -0.1) is 11.3 Å². The lowest BCUT2D eigenvalue weighted by molar-refractivity contribution is 1.10. The molecule has 5 heterocycles. The molecule has 0 saturated heterocycles. The molecule has 0 saturated carbocycles. The van der Waals surface area contributed by atoms with Gasteiger partial charge in [0, 0.05) is 33.1 Å². The number of thiophene rings is 1. The van der Waals surface area contributed by atoms with Gasteiger partial charge in [-0.2, -0.15) is 0 Å². The standard InChI is InChI=1S/C34H20N4S/c1-5-13-26-21(9-1)22-10-2-6-14-27(22)37(26)31-18-17-30-32(36-31)25-19-20-35-34(33(25)39-30)38-28-15-7-3-11-23(28)24-12-4-8-16-29(24)38/h1-20H. The van der Waals surface area contributed by atoms with Gasteiger partial charge < -0.3 is 0 Å². The topological polar surface area (TPSA) is 35.6 Å². The molecule has 0 N–H and O–H groups in total. The number of rotatable bonds is 2. The lowest BCUT2D eigenvalue weighted by Crippen LogP contribution is -1.97. The fourth-order valence-electron chi connectivity index (χ4n) is 6.15. The Morgan fingerprint density at radius 3 is 1.56 bits per heavy atom. The maximum atomic E-state index is 5.29. The first-order valence-electron chi connectivity index (χ1n) is 13.0. The average molecular weight is 517 g/mol. The van der Waals surface area contributed by atoms with E-state index in [9.17, 15) is 0 Å². The van der Waals surface area contributed by atoms with E-state index in [0.29, 0.717) is 0 Å². The van der Waals surface area contributed by atoms with E-state index in [1.165, 1.54) is 21.5 Å². The van der Waals surface area contributed by atoms with Crippen LogP contribution in [0.5, 0.6) is 0 Å². The fraction of sp³-hybridized carbons (Fsp3) is 0. The summed E-state index contributed by atoms with van der Waals surface area (Å²) in [5, 5.41) is 6.08. The van der Waals surface area contributed by atoms with Crippen molar-refractivity contribution in [2.24, 2.45) is 0 Å². The first kappa shape index (κ1) is 21.0. The zero-order valence-corrected chi connectivity index (χ0v) is 21.6. The Bertz CT molecular complexity index is 2300. The Morgan fingerprint density at radius 1 is 0.487 bits per heavy atom. The highest BCUT2D eigenvalue weighted by atomic mass is 32.1. The highest BCUT2D eigenvalue weighted by Gasteiger charge is 2.19. The van der Waals surface area contributed by atoms with Gasteiger partial charge in [0.15, 0.2) is 5.82 Å². The molecule has 182 valence electrons. The summed E-state index contributed by atoms with van der Waals surface area (Å²) < 4.78 is 6.88. The molecule has 5 aromatic heterocycles. The maximum Gasteiger partial charge on any atom is 0.155 e. The first-order chi connectivity index (χ1) is 19.4. The summed E-state index contributed by atoms with van der Waals surface area (Å²) in [6.07, 6.45) is 1.92. The van der Waals surface area contributed by atoms with E-state index in [4.69, 9.17) is 9.97 Å². The van der Waals surface area contributed by atoms with Crippen LogP contribution in [0.2, 0.25) is 0 Å². The van der Waals surface area contributed by atoms with Crippen LogP contribution in [-0.4, -0.2) is 19.1 Å². The van der Waals surface area contributed by atoms with Gasteiger partial charge in [-0.1, -0.05) is 72.8 Å². The monoisotopic (exact) mass is 516 g/mol. The molecule has 0 bridgehead atoms. The molecule has 4 nitrogen and oxygen atoms in total. The molecule has 0 aliphatic carbocycles. The second-order valence-electron chi connectivity index (χ2n) is 9.87. The smallest absolute Gasteiger partial charge is 0.155 e. The third kappa shape index (κ3) is 2.82. The molecule has 5 heteroatoms. The predicted molar refractivity (Wildman–Crippen MR) is 164 cm³/mol. The van der Waals surface area contributed by atoms with Crippen molar-refractivity contribution >= 4 is 75.3 Å². The number of hydrogen-bond acceptors (Lipinski definition) is 3. The van der Waals surface area contributed by atoms with E-state index in [0.717, 1.165) is 54.0 Å². The van der Waals surface area contributed by atoms with Crippen molar-refractivity contribution in [1.29, 1.82) is 0 Å². The van der Waals surface area contributed by atoms with Gasteiger partial charge in [-0.25, -0.2) is 9.97 Å². The predicted octanol–water partition coefficient (Wildman–Crippen LogP) is 9.04. The number of para-hydroxylation sites is 4. The van der Waals surface area contributed by atoms with Crippen LogP contribution < -0.4 is 0 Å². The summed E-state index contributed by atoms with van der Waals surface area (Å²) in [5.74, 6) is 1.88.